The zero-order chi connectivity index (χ0) is 10.9. The second kappa shape index (κ2) is 3.34. The first-order chi connectivity index (χ1) is 7.10. The fraction of sp³-hybridized carbons (Fsp3) is 0.300. The summed E-state index contributed by atoms with van der Waals surface area (Å²) in [5.74, 6) is 0.0476. The van der Waals surface area contributed by atoms with E-state index in [2.05, 4.69) is 15.3 Å². The summed E-state index contributed by atoms with van der Waals surface area (Å²) in [6.45, 7) is 1.87. The van der Waals surface area contributed by atoms with Crippen LogP contribution in [-0.2, 0) is 10.3 Å². The number of hydrogen-bond donors (Lipinski definition) is 2. The van der Waals surface area contributed by atoms with E-state index in [1.54, 1.807) is 12.4 Å². The lowest BCUT2D eigenvalue weighted by Gasteiger charge is -2.29. The summed E-state index contributed by atoms with van der Waals surface area (Å²) in [5, 5.41) is 2.47. The highest BCUT2D eigenvalue weighted by Crippen LogP contribution is 2.30. The van der Waals surface area contributed by atoms with Gasteiger partial charge in [0.05, 0.1) is 12.0 Å². The lowest BCUT2D eigenvalue weighted by molar-refractivity contribution is -0.121. The molecular weight excluding hydrogens is 192 g/mol. The van der Waals surface area contributed by atoms with E-state index in [1.165, 1.54) is 0 Å². The van der Waals surface area contributed by atoms with Crippen LogP contribution in [0.2, 0.25) is 0 Å². The fourth-order valence-corrected chi connectivity index (χ4v) is 1.68. The van der Waals surface area contributed by atoms with Crippen LogP contribution < -0.4 is 11.1 Å². The van der Waals surface area contributed by atoms with Crippen LogP contribution in [0.1, 0.15) is 18.9 Å². The van der Waals surface area contributed by atoms with Crippen molar-refractivity contribution in [3.8, 4) is 0 Å². The molecule has 0 aromatic carbocycles. The first kappa shape index (κ1) is 9.64. The summed E-state index contributed by atoms with van der Waals surface area (Å²) < 4.78 is 0. The number of carbonyl (C=O) groups is 1. The van der Waals surface area contributed by atoms with E-state index in [1.807, 2.05) is 19.1 Å². The highest BCUT2D eigenvalue weighted by Gasteiger charge is 2.33. The third kappa shape index (κ3) is 1.81. The van der Waals surface area contributed by atoms with Crippen molar-refractivity contribution >= 4 is 11.9 Å². The van der Waals surface area contributed by atoms with Crippen LogP contribution in [0.4, 0.5) is 0 Å². The summed E-state index contributed by atoms with van der Waals surface area (Å²) in [4.78, 5) is 19.6. The van der Waals surface area contributed by atoms with E-state index in [0.717, 1.165) is 5.56 Å². The van der Waals surface area contributed by atoms with Gasteiger partial charge in [0.25, 0.3) is 0 Å². The largest absolute Gasteiger partial charge is 0.370 e. The van der Waals surface area contributed by atoms with Crippen molar-refractivity contribution in [1.29, 1.82) is 0 Å². The lowest BCUT2D eigenvalue weighted by Crippen LogP contribution is -2.46. The molecule has 1 amide bonds. The molecule has 1 aliphatic rings. The molecule has 1 aromatic rings. The molecule has 1 aliphatic heterocycles. The molecule has 0 aliphatic carbocycles. The number of amides is 1. The van der Waals surface area contributed by atoms with E-state index in [9.17, 15) is 4.79 Å². The Labute approximate surface area is 87.4 Å². The van der Waals surface area contributed by atoms with E-state index < -0.39 is 5.54 Å². The standard InChI is InChI=1S/C10H12N4O/c1-10(7-3-2-4-12-6-7)5-8(15)13-9(11)14-10/h2-4,6H,5H2,1H3,(H3,11,13,14,15). The minimum Gasteiger partial charge on any atom is -0.370 e. The molecule has 0 fully saturated rings. The van der Waals surface area contributed by atoms with Crippen molar-refractivity contribution < 1.29 is 4.79 Å². The van der Waals surface area contributed by atoms with Crippen LogP contribution in [-0.4, -0.2) is 16.9 Å². The number of carbonyl (C=O) groups excluding carboxylic acids is 1. The van der Waals surface area contributed by atoms with Gasteiger partial charge in [0.2, 0.25) is 5.91 Å². The lowest BCUT2D eigenvalue weighted by atomic mass is 9.89. The number of nitrogens with one attached hydrogen (secondary N) is 1. The van der Waals surface area contributed by atoms with Crippen LogP contribution >= 0.6 is 0 Å². The van der Waals surface area contributed by atoms with E-state index in [4.69, 9.17) is 5.73 Å². The molecule has 0 radical (unpaired) electrons. The molecule has 5 heteroatoms. The first-order valence-corrected chi connectivity index (χ1v) is 4.66. The van der Waals surface area contributed by atoms with Crippen LogP contribution in [0.15, 0.2) is 29.5 Å². The van der Waals surface area contributed by atoms with E-state index in [-0.39, 0.29) is 11.9 Å². The molecule has 15 heavy (non-hydrogen) atoms. The SMILES string of the molecule is CC1(c2cccnc2)CC(=O)NC(N)=N1. The molecule has 5 nitrogen and oxygen atoms in total. The van der Waals surface area contributed by atoms with Crippen LogP contribution in [0.25, 0.3) is 0 Å². The molecule has 1 atom stereocenters. The monoisotopic (exact) mass is 204 g/mol. The van der Waals surface area contributed by atoms with Gasteiger partial charge in [-0.25, -0.2) is 4.99 Å². The van der Waals surface area contributed by atoms with Gasteiger partial charge < -0.3 is 5.73 Å². The number of guanidine groups is 1. The highest BCUT2D eigenvalue weighted by atomic mass is 16.1. The maximum absolute atomic E-state index is 11.4. The van der Waals surface area contributed by atoms with Crippen molar-refractivity contribution in [1.82, 2.24) is 10.3 Å². The van der Waals surface area contributed by atoms with Gasteiger partial charge in [-0.15, -0.1) is 0 Å². The van der Waals surface area contributed by atoms with Crippen LogP contribution in [0, 0.1) is 0 Å². The molecule has 1 aromatic heterocycles. The summed E-state index contributed by atoms with van der Waals surface area (Å²) >= 11 is 0. The molecule has 78 valence electrons. The molecule has 1 unspecified atom stereocenters. The molecule has 2 heterocycles. The van der Waals surface area contributed by atoms with Gasteiger partial charge in [-0.05, 0) is 18.6 Å². The molecule has 0 spiro atoms. The molecule has 0 saturated heterocycles. The third-order valence-corrected chi connectivity index (χ3v) is 2.42. The minimum atomic E-state index is -0.597. The third-order valence-electron chi connectivity index (χ3n) is 2.42. The quantitative estimate of drug-likeness (QED) is 0.682. The number of hydrogen-bond acceptors (Lipinski definition) is 4. The van der Waals surface area contributed by atoms with Crippen LogP contribution in [0.3, 0.4) is 0 Å². The Morgan fingerprint density at radius 1 is 1.60 bits per heavy atom. The number of pyridine rings is 1. The van der Waals surface area contributed by atoms with Gasteiger partial charge in [-0.2, -0.15) is 0 Å². The van der Waals surface area contributed by atoms with Gasteiger partial charge in [0.1, 0.15) is 0 Å². The average Bonchev–Trinajstić information content (AvgIpc) is 2.17. The Balaban J connectivity index is 2.43. The predicted octanol–water partition coefficient (Wildman–Crippen LogP) is 0.131. The Morgan fingerprint density at radius 3 is 3.00 bits per heavy atom. The van der Waals surface area contributed by atoms with Crippen molar-refractivity contribution in [2.45, 2.75) is 18.9 Å². The molecule has 0 bridgehead atoms. The molecule has 0 saturated carbocycles. The summed E-state index contributed by atoms with van der Waals surface area (Å²) in [6.07, 6.45) is 3.68. The zero-order valence-electron chi connectivity index (χ0n) is 8.40. The minimum absolute atomic E-state index is 0.117. The number of aliphatic imine (C=N–C) groups is 1. The second-order valence-electron chi connectivity index (χ2n) is 3.74. The molecule has 3 N–H and O–H groups in total. The Bertz CT molecular complexity index is 415. The molecule has 2 rings (SSSR count). The van der Waals surface area contributed by atoms with Crippen molar-refractivity contribution in [3.05, 3.63) is 30.1 Å². The topological polar surface area (TPSA) is 80.4 Å². The second-order valence-corrected chi connectivity index (χ2v) is 3.74. The highest BCUT2D eigenvalue weighted by molar-refractivity contribution is 5.98. The Hall–Kier alpha value is -1.91. The summed E-state index contributed by atoms with van der Waals surface area (Å²) in [7, 11) is 0. The van der Waals surface area contributed by atoms with Crippen molar-refractivity contribution in [3.63, 3.8) is 0 Å². The van der Waals surface area contributed by atoms with Crippen molar-refractivity contribution in [2.75, 3.05) is 0 Å². The van der Waals surface area contributed by atoms with Crippen LogP contribution in [0.5, 0.6) is 0 Å². The van der Waals surface area contributed by atoms with Gasteiger partial charge in [0.15, 0.2) is 5.96 Å². The fourth-order valence-electron chi connectivity index (χ4n) is 1.68. The summed E-state index contributed by atoms with van der Waals surface area (Å²) in [6, 6.07) is 3.71. The average molecular weight is 204 g/mol. The molecular formula is C10H12N4O. The smallest absolute Gasteiger partial charge is 0.229 e. The maximum Gasteiger partial charge on any atom is 0.229 e. The number of nitrogens with two attached hydrogens (primary N) is 1. The normalized spacial score (nSPS) is 25.7. The van der Waals surface area contributed by atoms with Gasteiger partial charge in [0, 0.05) is 12.4 Å². The number of aromatic nitrogens is 1. The van der Waals surface area contributed by atoms with E-state index in [0.29, 0.717) is 6.42 Å². The zero-order valence-corrected chi connectivity index (χ0v) is 8.40. The predicted molar refractivity (Wildman–Crippen MR) is 56.0 cm³/mol. The Morgan fingerprint density at radius 2 is 2.40 bits per heavy atom. The van der Waals surface area contributed by atoms with E-state index >= 15 is 0 Å². The van der Waals surface area contributed by atoms with Crippen molar-refractivity contribution in [2.24, 2.45) is 10.7 Å². The van der Waals surface area contributed by atoms with Gasteiger partial charge >= 0.3 is 0 Å². The Kier molecular flexibility index (Phi) is 2.15. The van der Waals surface area contributed by atoms with Gasteiger partial charge in [-0.3, -0.25) is 15.1 Å². The van der Waals surface area contributed by atoms with Gasteiger partial charge in [-0.1, -0.05) is 6.07 Å². The summed E-state index contributed by atoms with van der Waals surface area (Å²) in [5.41, 5.74) is 5.83. The number of nitrogens with zero attached hydrogens (tertiary/aromatic N) is 2. The number of rotatable bonds is 1. The maximum atomic E-state index is 11.4. The first-order valence-electron chi connectivity index (χ1n) is 4.66.